The summed E-state index contributed by atoms with van der Waals surface area (Å²) in [4.78, 5) is 56.5. The number of hydrogen-bond acceptors (Lipinski definition) is 10. The number of carbonyl (C=O) groups excluding carboxylic acids is 4. The highest BCUT2D eigenvalue weighted by atomic mass is 32.2. The second-order valence-corrected chi connectivity index (χ2v) is 10.4. The topological polar surface area (TPSA) is 111 Å². The van der Waals surface area contributed by atoms with Crippen molar-refractivity contribution in [2.75, 3.05) is 5.75 Å². The molecule has 0 radical (unpaired) electrons. The molecule has 5 aliphatic heterocycles. The Morgan fingerprint density at radius 3 is 2.10 bits per heavy atom. The van der Waals surface area contributed by atoms with Gasteiger partial charge < -0.3 is 14.0 Å². The summed E-state index contributed by atoms with van der Waals surface area (Å²) in [5.41, 5.74) is 0.531. The second-order valence-electron chi connectivity index (χ2n) is 7.26. The maximum Gasteiger partial charge on any atom is 0.359 e. The fourth-order valence-electron chi connectivity index (χ4n) is 3.77. The molecule has 6 heterocycles. The van der Waals surface area contributed by atoms with Crippen molar-refractivity contribution in [2.45, 2.75) is 41.6 Å². The summed E-state index contributed by atoms with van der Waals surface area (Å²) in [6, 6.07) is 0. The number of ether oxygens (including phenoxy) is 2. The molecular weight excluding hydrogens is 464 g/mol. The lowest BCUT2D eigenvalue weighted by Crippen LogP contribution is -2.49. The standard InChI is InChI=1S/C18H14N4O6S3/c23-11-3-13-21(11)9(6-30-13)15(25)27-17(8-5-20-1-2-29-18(20)19-8)28-16(26)10-7-31-14-4-12(24)22(10)14/h5-7,13-14,17H,1-4H2/t13-,14-/m0/s1. The van der Waals surface area contributed by atoms with Crippen LogP contribution in [0.4, 0.5) is 0 Å². The molecule has 0 aliphatic carbocycles. The van der Waals surface area contributed by atoms with E-state index in [0.717, 1.165) is 17.5 Å². The Labute approximate surface area is 188 Å². The van der Waals surface area contributed by atoms with Crippen LogP contribution in [0.25, 0.3) is 0 Å². The zero-order chi connectivity index (χ0) is 21.3. The van der Waals surface area contributed by atoms with Crippen molar-refractivity contribution in [1.82, 2.24) is 19.4 Å². The van der Waals surface area contributed by atoms with Gasteiger partial charge >= 0.3 is 11.9 Å². The van der Waals surface area contributed by atoms with Crippen molar-refractivity contribution in [3.8, 4) is 0 Å². The molecule has 2 amide bonds. The van der Waals surface area contributed by atoms with E-state index in [1.54, 1.807) is 28.8 Å². The summed E-state index contributed by atoms with van der Waals surface area (Å²) in [7, 11) is 0. The molecule has 0 unspecified atom stereocenters. The van der Waals surface area contributed by atoms with Gasteiger partial charge in [0, 0.05) is 29.3 Å². The Morgan fingerprint density at radius 1 is 1.00 bits per heavy atom. The number of fused-ring (bicyclic) bond motifs is 3. The molecule has 6 rings (SSSR count). The molecular formula is C18H14N4O6S3. The van der Waals surface area contributed by atoms with Crippen molar-refractivity contribution in [3.63, 3.8) is 0 Å². The molecule has 0 N–H and O–H groups in total. The minimum absolute atomic E-state index is 0.0844. The highest BCUT2D eigenvalue weighted by molar-refractivity contribution is 8.03. The lowest BCUT2D eigenvalue weighted by atomic mass is 10.2. The summed E-state index contributed by atoms with van der Waals surface area (Å²) in [5.74, 6) is -0.958. The van der Waals surface area contributed by atoms with Gasteiger partial charge in [0.25, 0.3) is 6.29 Å². The van der Waals surface area contributed by atoms with Gasteiger partial charge in [-0.3, -0.25) is 19.4 Å². The van der Waals surface area contributed by atoms with Crippen LogP contribution in [0.5, 0.6) is 0 Å². The number of carbonyl (C=O) groups is 4. The maximum atomic E-state index is 12.8. The monoisotopic (exact) mass is 478 g/mol. The van der Waals surface area contributed by atoms with Gasteiger partial charge in [-0.2, -0.15) is 0 Å². The van der Waals surface area contributed by atoms with Gasteiger partial charge in [0.2, 0.25) is 11.8 Å². The molecule has 5 aliphatic rings. The summed E-state index contributed by atoms with van der Waals surface area (Å²) in [5, 5.41) is 3.74. The zero-order valence-electron chi connectivity index (χ0n) is 15.8. The molecule has 31 heavy (non-hydrogen) atoms. The van der Waals surface area contributed by atoms with Gasteiger partial charge in [0.1, 0.15) is 17.1 Å². The van der Waals surface area contributed by atoms with Crippen molar-refractivity contribution in [3.05, 3.63) is 34.1 Å². The third kappa shape index (κ3) is 3.01. The molecule has 0 bridgehead atoms. The molecule has 1 aromatic rings. The van der Waals surface area contributed by atoms with Crippen LogP contribution in [-0.2, 0) is 35.2 Å². The third-order valence-corrected chi connectivity index (χ3v) is 8.49. The number of rotatable bonds is 5. The third-order valence-electron chi connectivity index (χ3n) is 5.41. The molecule has 0 spiro atoms. The maximum absolute atomic E-state index is 12.8. The van der Waals surface area contributed by atoms with Gasteiger partial charge in [-0.15, -0.1) is 23.5 Å². The molecule has 10 nitrogen and oxygen atoms in total. The number of thioether (sulfide) groups is 3. The summed E-state index contributed by atoms with van der Waals surface area (Å²) >= 11 is 4.30. The first-order chi connectivity index (χ1) is 15.0. The molecule has 2 atom stereocenters. The van der Waals surface area contributed by atoms with Crippen LogP contribution in [0.15, 0.2) is 33.6 Å². The number of esters is 2. The number of nitrogens with zero attached hydrogens (tertiary/aromatic N) is 4. The van der Waals surface area contributed by atoms with Crippen LogP contribution in [0.3, 0.4) is 0 Å². The zero-order valence-corrected chi connectivity index (χ0v) is 18.2. The van der Waals surface area contributed by atoms with Crippen LogP contribution in [0.1, 0.15) is 24.8 Å². The smallest absolute Gasteiger partial charge is 0.359 e. The number of aryl methyl sites for hydroxylation is 1. The Kier molecular flexibility index (Phi) is 4.40. The highest BCUT2D eigenvalue weighted by Gasteiger charge is 2.48. The van der Waals surface area contributed by atoms with E-state index in [2.05, 4.69) is 4.98 Å². The number of hydrogen-bond donors (Lipinski definition) is 0. The minimum atomic E-state index is -1.40. The molecule has 0 aromatic carbocycles. The van der Waals surface area contributed by atoms with Gasteiger partial charge in [0.05, 0.1) is 23.6 Å². The van der Waals surface area contributed by atoms with E-state index in [1.165, 1.54) is 33.3 Å². The van der Waals surface area contributed by atoms with E-state index in [-0.39, 0.29) is 39.7 Å². The molecule has 1 aromatic heterocycles. The summed E-state index contributed by atoms with van der Waals surface area (Å²) in [6.07, 6.45) is 1.03. The SMILES string of the molecule is O=C(OC(OC(=O)C1=CS[C@H]2CC(=O)N12)c1cn2c(n1)SCC2)C1=CS[C@H]2CC(=O)N12. The molecule has 0 saturated carbocycles. The van der Waals surface area contributed by atoms with Crippen molar-refractivity contribution in [1.29, 1.82) is 0 Å². The lowest BCUT2D eigenvalue weighted by molar-refractivity contribution is -0.188. The van der Waals surface area contributed by atoms with E-state index in [0.29, 0.717) is 12.8 Å². The van der Waals surface area contributed by atoms with Crippen LogP contribution in [-0.4, -0.2) is 59.6 Å². The quantitative estimate of drug-likeness (QED) is 0.349. The molecule has 2 fully saturated rings. The van der Waals surface area contributed by atoms with Crippen LogP contribution in [0, 0.1) is 0 Å². The van der Waals surface area contributed by atoms with Crippen LogP contribution in [0.2, 0.25) is 0 Å². The first kappa shape index (κ1) is 19.3. The fourth-order valence-corrected chi connectivity index (χ4v) is 6.89. The van der Waals surface area contributed by atoms with Crippen LogP contribution < -0.4 is 0 Å². The van der Waals surface area contributed by atoms with E-state index in [1.807, 2.05) is 4.57 Å². The average Bonchev–Trinajstić information content (AvgIpc) is 3.46. The van der Waals surface area contributed by atoms with Crippen molar-refractivity contribution < 1.29 is 28.7 Å². The van der Waals surface area contributed by atoms with Gasteiger partial charge in [-0.25, -0.2) is 14.6 Å². The Morgan fingerprint density at radius 2 is 1.58 bits per heavy atom. The number of aromatic nitrogens is 2. The lowest BCUT2D eigenvalue weighted by Gasteiger charge is -2.35. The Hall–Kier alpha value is -2.38. The Bertz CT molecular complexity index is 1030. The van der Waals surface area contributed by atoms with Gasteiger partial charge in [-0.1, -0.05) is 11.8 Å². The van der Waals surface area contributed by atoms with Gasteiger partial charge in [-0.05, 0) is 0 Å². The van der Waals surface area contributed by atoms with Gasteiger partial charge in [0.15, 0.2) is 5.16 Å². The number of amides is 2. The molecule has 13 heteroatoms. The molecule has 160 valence electrons. The largest absolute Gasteiger partial charge is 0.414 e. The van der Waals surface area contributed by atoms with E-state index >= 15 is 0 Å². The minimum Gasteiger partial charge on any atom is -0.414 e. The predicted molar refractivity (Wildman–Crippen MR) is 110 cm³/mol. The van der Waals surface area contributed by atoms with Crippen molar-refractivity contribution >= 4 is 59.0 Å². The predicted octanol–water partition coefficient (Wildman–Crippen LogP) is 1.37. The summed E-state index contributed by atoms with van der Waals surface area (Å²) in [6.45, 7) is 0.749. The molecule has 2 saturated heterocycles. The van der Waals surface area contributed by atoms with E-state index < -0.39 is 18.2 Å². The highest BCUT2D eigenvalue weighted by Crippen LogP contribution is 2.43. The first-order valence-electron chi connectivity index (χ1n) is 9.47. The van der Waals surface area contributed by atoms with E-state index in [9.17, 15) is 19.2 Å². The first-order valence-corrected chi connectivity index (χ1v) is 12.3. The number of β-lactam (4-membered cyclic amide) rings is 2. The van der Waals surface area contributed by atoms with E-state index in [4.69, 9.17) is 9.47 Å². The Balaban J connectivity index is 1.23. The average molecular weight is 479 g/mol. The fraction of sp³-hybridized carbons (Fsp3) is 0.389. The summed E-state index contributed by atoms with van der Waals surface area (Å²) < 4.78 is 12.9. The second kappa shape index (κ2) is 7.07. The van der Waals surface area contributed by atoms with Crippen molar-refractivity contribution in [2.24, 2.45) is 0 Å². The normalized spacial score (nSPS) is 25.5. The van der Waals surface area contributed by atoms with Crippen LogP contribution >= 0.6 is 35.3 Å². The number of imidazole rings is 1.